The molecular formula is C23H20BrN2+. The Morgan fingerprint density at radius 1 is 0.769 bits per heavy atom. The van der Waals surface area contributed by atoms with Gasteiger partial charge in [-0.2, -0.15) is 4.40 Å². The molecule has 0 saturated carbocycles. The van der Waals surface area contributed by atoms with Crippen molar-refractivity contribution in [3.05, 3.63) is 100 Å². The standard InChI is InChI=1S/C23H20BrN2/c24-23-3-1-2-21-15-25(16-26(21)23)22-14-19-9-8-17-4-6-18(7-5-17)10-12-20(22)13-11-19/h1-7,11,13-16H,8-10,12H2/q+1. The lowest BCUT2D eigenvalue weighted by atomic mass is 9.95. The number of benzene rings is 2. The summed E-state index contributed by atoms with van der Waals surface area (Å²) in [7, 11) is 0. The highest BCUT2D eigenvalue weighted by atomic mass is 79.9. The molecule has 4 bridgehead atoms. The number of aryl methyl sites for hydroxylation is 4. The molecule has 4 aromatic rings. The van der Waals surface area contributed by atoms with Crippen LogP contribution in [0.2, 0.25) is 0 Å². The molecular weight excluding hydrogens is 384 g/mol. The van der Waals surface area contributed by atoms with E-state index in [1.807, 2.05) is 0 Å². The van der Waals surface area contributed by atoms with Gasteiger partial charge >= 0.3 is 0 Å². The van der Waals surface area contributed by atoms with Gasteiger partial charge in [0.25, 0.3) is 6.33 Å². The maximum Gasteiger partial charge on any atom is 0.255 e. The second-order valence-corrected chi connectivity index (χ2v) is 7.89. The fourth-order valence-corrected chi connectivity index (χ4v) is 4.27. The predicted octanol–water partition coefficient (Wildman–Crippen LogP) is 4.86. The van der Waals surface area contributed by atoms with Crippen LogP contribution in [0.5, 0.6) is 0 Å². The van der Waals surface area contributed by atoms with Crippen LogP contribution in [0.4, 0.5) is 0 Å². The van der Waals surface area contributed by atoms with Crippen LogP contribution in [-0.2, 0) is 25.7 Å². The molecule has 2 heterocycles. The Balaban J connectivity index is 1.63. The monoisotopic (exact) mass is 403 g/mol. The van der Waals surface area contributed by atoms with Gasteiger partial charge in [-0.15, -0.1) is 0 Å². The van der Waals surface area contributed by atoms with Gasteiger partial charge in [-0.3, -0.25) is 0 Å². The number of hydrogen-bond donors (Lipinski definition) is 0. The lowest BCUT2D eigenvalue weighted by Crippen LogP contribution is -2.29. The molecule has 2 aromatic heterocycles. The average molecular weight is 404 g/mol. The van der Waals surface area contributed by atoms with Gasteiger partial charge in [0.05, 0.1) is 0 Å². The molecule has 26 heavy (non-hydrogen) atoms. The van der Waals surface area contributed by atoms with Crippen molar-refractivity contribution in [2.75, 3.05) is 0 Å². The third-order valence-corrected chi connectivity index (χ3v) is 6.00. The van der Waals surface area contributed by atoms with Crippen molar-refractivity contribution in [1.29, 1.82) is 0 Å². The maximum absolute atomic E-state index is 3.65. The van der Waals surface area contributed by atoms with Gasteiger partial charge in [-0.1, -0.05) is 42.5 Å². The third-order valence-electron chi connectivity index (χ3n) is 5.36. The number of hydrogen-bond acceptors (Lipinski definition) is 0. The Bertz CT molecular complexity index is 1090. The molecule has 0 unspecified atom stereocenters. The molecule has 0 saturated heterocycles. The van der Waals surface area contributed by atoms with E-state index in [4.69, 9.17) is 0 Å². The van der Waals surface area contributed by atoms with E-state index in [1.165, 1.54) is 33.5 Å². The highest BCUT2D eigenvalue weighted by Gasteiger charge is 2.16. The van der Waals surface area contributed by atoms with Gasteiger partial charge in [0.2, 0.25) is 0 Å². The largest absolute Gasteiger partial charge is 0.255 e. The number of rotatable bonds is 1. The van der Waals surface area contributed by atoms with Crippen LogP contribution in [0.15, 0.2) is 77.8 Å². The van der Waals surface area contributed by atoms with E-state index in [0.29, 0.717) is 0 Å². The van der Waals surface area contributed by atoms with Crippen LogP contribution in [0.3, 0.4) is 0 Å². The first-order chi connectivity index (χ1) is 12.8. The zero-order valence-electron chi connectivity index (χ0n) is 14.5. The summed E-state index contributed by atoms with van der Waals surface area (Å²) in [6, 6.07) is 22.5. The van der Waals surface area contributed by atoms with E-state index in [0.717, 1.165) is 30.3 Å². The quantitative estimate of drug-likeness (QED) is 0.316. The van der Waals surface area contributed by atoms with Crippen LogP contribution in [0, 0.1) is 0 Å². The molecule has 2 aromatic carbocycles. The lowest BCUT2D eigenvalue weighted by molar-refractivity contribution is -0.594. The molecule has 2 nitrogen and oxygen atoms in total. The number of fused-ring (bicyclic) bond motifs is 1. The Morgan fingerprint density at radius 3 is 2.23 bits per heavy atom. The van der Waals surface area contributed by atoms with Gasteiger partial charge in [0.1, 0.15) is 11.9 Å². The van der Waals surface area contributed by atoms with E-state index in [1.54, 1.807) is 0 Å². The minimum atomic E-state index is 1.05. The number of imidazole rings is 1. The van der Waals surface area contributed by atoms with Crippen LogP contribution < -0.4 is 4.57 Å². The van der Waals surface area contributed by atoms with Crippen molar-refractivity contribution in [2.45, 2.75) is 25.7 Å². The first-order valence-corrected chi connectivity index (χ1v) is 9.93. The van der Waals surface area contributed by atoms with Crippen LogP contribution in [0.25, 0.3) is 11.2 Å². The second-order valence-electron chi connectivity index (χ2n) is 7.07. The summed E-state index contributed by atoms with van der Waals surface area (Å²) in [4.78, 5) is 0. The molecule has 0 fully saturated rings. The highest BCUT2D eigenvalue weighted by molar-refractivity contribution is 9.10. The van der Waals surface area contributed by atoms with Gasteiger partial charge < -0.3 is 0 Å². The van der Waals surface area contributed by atoms with Crippen molar-refractivity contribution in [3.8, 4) is 5.69 Å². The van der Waals surface area contributed by atoms with Crippen molar-refractivity contribution < 1.29 is 4.57 Å². The summed E-state index contributed by atoms with van der Waals surface area (Å²) in [5.41, 5.74) is 8.12. The van der Waals surface area contributed by atoms with E-state index in [9.17, 15) is 0 Å². The molecule has 8 rings (SSSR count). The van der Waals surface area contributed by atoms with E-state index in [2.05, 4.69) is 98.1 Å². The fraction of sp³-hybridized carbons (Fsp3) is 0.174. The summed E-state index contributed by atoms with van der Waals surface area (Å²) in [6.07, 6.45) is 8.67. The average Bonchev–Trinajstić information content (AvgIpc) is 3.09. The summed E-state index contributed by atoms with van der Waals surface area (Å²) in [6.45, 7) is 0. The van der Waals surface area contributed by atoms with E-state index < -0.39 is 0 Å². The van der Waals surface area contributed by atoms with Crippen LogP contribution >= 0.6 is 15.9 Å². The molecule has 0 spiro atoms. The Morgan fingerprint density at radius 2 is 1.46 bits per heavy atom. The van der Waals surface area contributed by atoms with Crippen molar-refractivity contribution in [1.82, 2.24) is 4.40 Å². The number of aromatic nitrogens is 2. The van der Waals surface area contributed by atoms with Crippen LogP contribution in [-0.4, -0.2) is 4.40 Å². The minimum absolute atomic E-state index is 1.05. The fourth-order valence-electron chi connectivity index (χ4n) is 3.83. The van der Waals surface area contributed by atoms with Crippen molar-refractivity contribution in [3.63, 3.8) is 0 Å². The number of pyridine rings is 1. The maximum atomic E-state index is 3.65. The second kappa shape index (κ2) is 6.40. The summed E-state index contributed by atoms with van der Waals surface area (Å²) >= 11 is 3.65. The molecule has 0 aliphatic heterocycles. The molecule has 0 N–H and O–H groups in total. The zero-order chi connectivity index (χ0) is 17.5. The molecule has 128 valence electrons. The van der Waals surface area contributed by atoms with Gasteiger partial charge in [0.15, 0.2) is 10.1 Å². The normalized spacial score (nSPS) is 13.7. The van der Waals surface area contributed by atoms with Gasteiger partial charge in [-0.05, 0) is 82.1 Å². The smallest absolute Gasteiger partial charge is 0.201 e. The Hall–Kier alpha value is -2.39. The van der Waals surface area contributed by atoms with E-state index >= 15 is 0 Å². The summed E-state index contributed by atoms with van der Waals surface area (Å²) < 4.78 is 5.52. The molecule has 0 radical (unpaired) electrons. The Kier molecular flexibility index (Phi) is 3.90. The number of halogens is 1. The first kappa shape index (κ1) is 15.8. The van der Waals surface area contributed by atoms with Crippen molar-refractivity contribution in [2.24, 2.45) is 0 Å². The van der Waals surface area contributed by atoms with E-state index in [-0.39, 0.29) is 0 Å². The third kappa shape index (κ3) is 2.86. The highest BCUT2D eigenvalue weighted by Crippen LogP contribution is 2.20. The van der Waals surface area contributed by atoms with Gasteiger partial charge in [-0.25, -0.2) is 4.57 Å². The first-order valence-electron chi connectivity index (χ1n) is 9.14. The molecule has 4 aliphatic rings. The SMILES string of the molecule is Brc1cccc2c[n+](-c3cc4ccc3CCc3ccc(cc3)CC4)cn12. The minimum Gasteiger partial charge on any atom is -0.201 e. The number of nitrogens with zero attached hydrogens (tertiary/aromatic N) is 2. The van der Waals surface area contributed by atoms with Gasteiger partial charge in [0, 0.05) is 0 Å². The predicted molar refractivity (Wildman–Crippen MR) is 108 cm³/mol. The lowest BCUT2D eigenvalue weighted by Gasteiger charge is -2.12. The summed E-state index contributed by atoms with van der Waals surface area (Å²) in [5, 5.41) is 0. The zero-order valence-corrected chi connectivity index (χ0v) is 16.1. The Labute approximate surface area is 161 Å². The molecule has 3 heteroatoms. The van der Waals surface area contributed by atoms with Crippen LogP contribution in [0.1, 0.15) is 22.3 Å². The molecule has 4 aliphatic carbocycles. The summed E-state index contributed by atoms with van der Waals surface area (Å²) in [5.74, 6) is 0. The van der Waals surface area contributed by atoms with Crippen molar-refractivity contribution >= 4 is 21.4 Å². The molecule has 0 amide bonds. The molecule has 0 atom stereocenters. The topological polar surface area (TPSA) is 8.29 Å².